The fourth-order valence-corrected chi connectivity index (χ4v) is 5.71. The van der Waals surface area contributed by atoms with E-state index in [1.165, 1.54) is 97.5 Å². The van der Waals surface area contributed by atoms with Crippen molar-refractivity contribution in [2.45, 2.75) is 77.0 Å². The second kappa shape index (κ2) is 8.92. The first-order valence-corrected chi connectivity index (χ1v) is 12.3. The van der Waals surface area contributed by atoms with Crippen LogP contribution in [-0.4, -0.2) is 4.98 Å². The summed E-state index contributed by atoms with van der Waals surface area (Å²) in [6.07, 6.45) is 13.6. The Balaban J connectivity index is 1.48. The van der Waals surface area contributed by atoms with Crippen molar-refractivity contribution in [3.8, 4) is 11.1 Å². The molecule has 5 rings (SSSR count). The van der Waals surface area contributed by atoms with E-state index in [4.69, 9.17) is 4.98 Å². The van der Waals surface area contributed by atoms with Gasteiger partial charge in [-0.25, -0.2) is 0 Å². The standard InChI is InChI=1S/C29H35N/c1-2-3-4-6-11-21-16-17-28-26(18-21)25(23-12-7-5-8-13-23)20-29(30-28)27-19-24(27)22-14-9-10-15-22/h5,7-8,12-13,16-18,20,22,24,27H,2-4,6,9-11,14-15,19H2,1H3. The minimum atomic E-state index is 0.689. The molecule has 2 atom stereocenters. The van der Waals surface area contributed by atoms with Crippen molar-refractivity contribution < 1.29 is 0 Å². The van der Waals surface area contributed by atoms with Crippen LogP contribution in [0.15, 0.2) is 54.6 Å². The Morgan fingerprint density at radius 2 is 1.73 bits per heavy atom. The SMILES string of the molecule is CCCCCCc1ccc2nc(C3CC3C3CCCC3)cc(-c3ccccc3)c2c1. The monoisotopic (exact) mass is 397 g/mol. The number of hydrogen-bond acceptors (Lipinski definition) is 1. The molecule has 156 valence electrons. The average Bonchev–Trinajstić information content (AvgIpc) is 3.41. The van der Waals surface area contributed by atoms with Gasteiger partial charge in [0.2, 0.25) is 0 Å². The molecule has 0 saturated heterocycles. The lowest BCUT2D eigenvalue weighted by Gasteiger charge is -2.13. The fourth-order valence-electron chi connectivity index (χ4n) is 5.71. The van der Waals surface area contributed by atoms with Crippen LogP contribution < -0.4 is 0 Å². The van der Waals surface area contributed by atoms with Crippen molar-refractivity contribution in [2.24, 2.45) is 11.8 Å². The Kier molecular flexibility index (Phi) is 5.88. The van der Waals surface area contributed by atoms with Crippen molar-refractivity contribution in [1.29, 1.82) is 0 Å². The second-order valence-electron chi connectivity index (χ2n) is 9.67. The summed E-state index contributed by atoms with van der Waals surface area (Å²) >= 11 is 0. The highest BCUT2D eigenvalue weighted by molar-refractivity contribution is 5.95. The smallest absolute Gasteiger partial charge is 0.0711 e. The van der Waals surface area contributed by atoms with Crippen LogP contribution in [0.25, 0.3) is 22.0 Å². The van der Waals surface area contributed by atoms with Crippen molar-refractivity contribution in [1.82, 2.24) is 4.98 Å². The zero-order valence-electron chi connectivity index (χ0n) is 18.4. The normalized spacial score (nSPS) is 21.4. The molecule has 2 aromatic carbocycles. The predicted octanol–water partition coefficient (Wildman–Crippen LogP) is 8.32. The van der Waals surface area contributed by atoms with Crippen LogP contribution in [0.2, 0.25) is 0 Å². The third kappa shape index (κ3) is 4.17. The summed E-state index contributed by atoms with van der Waals surface area (Å²) in [5, 5.41) is 1.33. The van der Waals surface area contributed by atoms with E-state index < -0.39 is 0 Å². The average molecular weight is 398 g/mol. The number of aromatic nitrogens is 1. The van der Waals surface area contributed by atoms with E-state index in [0.717, 1.165) is 11.8 Å². The van der Waals surface area contributed by atoms with Gasteiger partial charge in [-0.3, -0.25) is 4.98 Å². The molecule has 0 N–H and O–H groups in total. The number of pyridine rings is 1. The molecule has 2 aliphatic carbocycles. The zero-order chi connectivity index (χ0) is 20.3. The number of benzene rings is 2. The molecule has 0 aliphatic heterocycles. The van der Waals surface area contributed by atoms with Crippen molar-refractivity contribution in [3.05, 3.63) is 65.9 Å². The molecule has 1 aromatic heterocycles. The predicted molar refractivity (Wildman–Crippen MR) is 128 cm³/mol. The highest BCUT2D eigenvalue weighted by Gasteiger charge is 2.45. The minimum Gasteiger partial charge on any atom is -0.252 e. The Morgan fingerprint density at radius 3 is 2.53 bits per heavy atom. The van der Waals surface area contributed by atoms with Crippen LogP contribution >= 0.6 is 0 Å². The van der Waals surface area contributed by atoms with Crippen molar-refractivity contribution >= 4 is 10.9 Å². The first kappa shape index (κ1) is 19.8. The first-order chi connectivity index (χ1) is 14.8. The zero-order valence-corrected chi connectivity index (χ0v) is 18.4. The van der Waals surface area contributed by atoms with E-state index >= 15 is 0 Å². The summed E-state index contributed by atoms with van der Waals surface area (Å²) in [6, 6.07) is 20.4. The Morgan fingerprint density at radius 1 is 0.900 bits per heavy atom. The maximum absolute atomic E-state index is 5.20. The van der Waals surface area contributed by atoms with E-state index in [-0.39, 0.29) is 0 Å². The number of rotatable bonds is 8. The van der Waals surface area contributed by atoms with Crippen LogP contribution in [0.3, 0.4) is 0 Å². The molecule has 3 aromatic rings. The molecular formula is C29H35N. The van der Waals surface area contributed by atoms with Gasteiger partial charge in [0.1, 0.15) is 0 Å². The molecule has 0 radical (unpaired) electrons. The lowest BCUT2D eigenvalue weighted by molar-refractivity contribution is 0.468. The summed E-state index contributed by atoms with van der Waals surface area (Å²) in [5.41, 5.74) is 6.69. The van der Waals surface area contributed by atoms with Gasteiger partial charge in [0, 0.05) is 17.0 Å². The summed E-state index contributed by atoms with van der Waals surface area (Å²) in [7, 11) is 0. The molecular weight excluding hydrogens is 362 g/mol. The minimum absolute atomic E-state index is 0.689. The third-order valence-corrected chi connectivity index (χ3v) is 7.52. The Bertz CT molecular complexity index is 984. The van der Waals surface area contributed by atoms with Crippen LogP contribution in [-0.2, 0) is 6.42 Å². The van der Waals surface area contributed by atoms with Crippen molar-refractivity contribution in [3.63, 3.8) is 0 Å². The second-order valence-corrected chi connectivity index (χ2v) is 9.67. The third-order valence-electron chi connectivity index (χ3n) is 7.52. The van der Waals surface area contributed by atoms with Gasteiger partial charge in [-0.1, -0.05) is 88.3 Å². The molecule has 1 nitrogen and oxygen atoms in total. The number of aryl methyl sites for hydroxylation is 1. The molecule has 1 heterocycles. The molecule has 2 fully saturated rings. The maximum atomic E-state index is 5.20. The first-order valence-electron chi connectivity index (χ1n) is 12.3. The summed E-state index contributed by atoms with van der Waals surface area (Å²) in [4.78, 5) is 5.20. The van der Waals surface area contributed by atoms with Crippen LogP contribution in [0, 0.1) is 11.8 Å². The quantitative estimate of drug-likeness (QED) is 0.348. The van der Waals surface area contributed by atoms with E-state index in [2.05, 4.69) is 61.5 Å². The van der Waals surface area contributed by atoms with Gasteiger partial charge in [0.15, 0.2) is 0 Å². The molecule has 2 unspecified atom stereocenters. The molecule has 0 spiro atoms. The van der Waals surface area contributed by atoms with E-state index in [9.17, 15) is 0 Å². The van der Waals surface area contributed by atoms with Gasteiger partial charge in [0.25, 0.3) is 0 Å². The van der Waals surface area contributed by atoms with E-state index in [1.807, 2.05) is 0 Å². The molecule has 1 heteroatoms. The topological polar surface area (TPSA) is 12.9 Å². The van der Waals surface area contributed by atoms with Gasteiger partial charge in [-0.15, -0.1) is 0 Å². The van der Waals surface area contributed by atoms with Gasteiger partial charge >= 0.3 is 0 Å². The lowest BCUT2D eigenvalue weighted by Crippen LogP contribution is -2.00. The van der Waals surface area contributed by atoms with Crippen molar-refractivity contribution in [2.75, 3.05) is 0 Å². The number of unbranched alkanes of at least 4 members (excludes halogenated alkanes) is 3. The lowest BCUT2D eigenvalue weighted by atomic mass is 9.95. The highest BCUT2D eigenvalue weighted by atomic mass is 14.7. The summed E-state index contributed by atoms with van der Waals surface area (Å²) in [5.74, 6) is 2.53. The van der Waals surface area contributed by atoms with E-state index in [1.54, 1.807) is 0 Å². The van der Waals surface area contributed by atoms with Gasteiger partial charge < -0.3 is 0 Å². The van der Waals surface area contributed by atoms with Gasteiger partial charge in [0.05, 0.1) is 5.52 Å². The fraction of sp³-hybridized carbons (Fsp3) is 0.483. The Labute approximate surface area is 181 Å². The van der Waals surface area contributed by atoms with Gasteiger partial charge in [-0.05, 0) is 66.0 Å². The number of hydrogen-bond donors (Lipinski definition) is 0. The molecule has 2 aliphatic rings. The van der Waals surface area contributed by atoms with Crippen LogP contribution in [0.4, 0.5) is 0 Å². The molecule has 0 bridgehead atoms. The Hall–Kier alpha value is -2.15. The van der Waals surface area contributed by atoms with E-state index in [0.29, 0.717) is 5.92 Å². The molecule has 2 saturated carbocycles. The number of nitrogens with zero attached hydrogens (tertiary/aromatic N) is 1. The summed E-state index contributed by atoms with van der Waals surface area (Å²) < 4.78 is 0. The largest absolute Gasteiger partial charge is 0.252 e. The van der Waals surface area contributed by atoms with Gasteiger partial charge in [-0.2, -0.15) is 0 Å². The molecule has 30 heavy (non-hydrogen) atoms. The number of fused-ring (bicyclic) bond motifs is 1. The van der Waals surface area contributed by atoms with Crippen LogP contribution in [0.5, 0.6) is 0 Å². The molecule has 0 amide bonds. The summed E-state index contributed by atoms with van der Waals surface area (Å²) in [6.45, 7) is 2.28. The maximum Gasteiger partial charge on any atom is 0.0711 e. The highest BCUT2D eigenvalue weighted by Crippen LogP contribution is 2.56. The van der Waals surface area contributed by atoms with Crippen LogP contribution in [0.1, 0.15) is 81.9 Å².